The number of para-hydroxylation sites is 1. The Morgan fingerprint density at radius 1 is 0.348 bits per heavy atom. The number of aromatic nitrogens is 4. The predicted molar refractivity (Wildman–Crippen MR) is 279 cm³/mol. The normalized spacial score (nSPS) is 12.2. The Kier molecular flexibility index (Phi) is 7.47. The van der Waals surface area contributed by atoms with Gasteiger partial charge >= 0.3 is 0 Å². The lowest BCUT2D eigenvalue weighted by Gasteiger charge is -2.14. The van der Waals surface area contributed by atoms with Crippen molar-refractivity contribution in [2.75, 3.05) is 0 Å². The zero-order valence-corrected chi connectivity index (χ0v) is 36.6. The lowest BCUT2D eigenvalue weighted by Crippen LogP contribution is -2.02. The Morgan fingerprint density at radius 3 is 1.58 bits per heavy atom. The van der Waals surface area contributed by atoms with Crippen molar-refractivity contribution in [2.24, 2.45) is 0 Å². The second-order valence-electron chi connectivity index (χ2n) is 17.1. The molecule has 5 nitrogen and oxygen atoms in total. The van der Waals surface area contributed by atoms with Gasteiger partial charge in [0.1, 0.15) is 11.2 Å². The first-order chi connectivity index (χ1) is 32.7. The van der Waals surface area contributed by atoms with Crippen molar-refractivity contribution in [3.8, 4) is 39.9 Å². The van der Waals surface area contributed by atoms with Gasteiger partial charge in [-0.1, -0.05) is 133 Å². The van der Waals surface area contributed by atoms with Crippen LogP contribution in [0, 0.1) is 0 Å². The Morgan fingerprint density at radius 2 is 0.894 bits per heavy atom. The van der Waals surface area contributed by atoms with E-state index in [0.717, 1.165) is 76.9 Å². The van der Waals surface area contributed by atoms with Crippen LogP contribution in [0.25, 0.3) is 145 Å². The average molecular weight is 877 g/mol. The fourth-order valence-corrected chi connectivity index (χ4v) is 12.8. The molecule has 66 heavy (non-hydrogen) atoms. The summed E-state index contributed by atoms with van der Waals surface area (Å²) in [6.07, 6.45) is 0. The molecule has 0 amide bonds. The molecule has 0 spiro atoms. The van der Waals surface area contributed by atoms with Gasteiger partial charge in [0, 0.05) is 90.0 Å². The molecule has 5 heterocycles. The van der Waals surface area contributed by atoms with Gasteiger partial charge in [-0.05, 0) is 70.8 Å². The van der Waals surface area contributed by atoms with Gasteiger partial charge in [0.2, 0.25) is 0 Å². The van der Waals surface area contributed by atoms with E-state index in [1.165, 1.54) is 51.1 Å². The molecule has 15 aromatic rings. The quantitative estimate of drug-likeness (QED) is 0.177. The highest BCUT2D eigenvalue weighted by Gasteiger charge is 2.24. The van der Waals surface area contributed by atoms with Gasteiger partial charge in [-0.3, -0.25) is 0 Å². The standard InChI is InChI=1S/C59H32N4OS2/c1-2-15-35-30-47-44(29-34(35)14-1)38-17-5-8-22-46(38)63(47)36-31-45(53-41-28-27-33-13-3-4-16-37(33)56(41)64-48(53)32-36)59-61-57(42-20-11-25-51-54(42)39-18-6-9-23-49(39)65-51)60-58(62-59)43-21-12-26-52-55(43)40-19-7-10-24-50(40)66-52/h1-32H. The number of thiophene rings is 2. The van der Waals surface area contributed by atoms with Crippen molar-refractivity contribution in [3.05, 3.63) is 194 Å². The van der Waals surface area contributed by atoms with E-state index >= 15 is 0 Å². The van der Waals surface area contributed by atoms with Crippen molar-refractivity contribution in [1.29, 1.82) is 0 Å². The molecular weight excluding hydrogens is 845 g/mol. The molecule has 0 fully saturated rings. The van der Waals surface area contributed by atoms with Gasteiger partial charge in [-0.2, -0.15) is 0 Å². The third-order valence-corrected chi connectivity index (χ3v) is 15.7. The van der Waals surface area contributed by atoms with E-state index < -0.39 is 0 Å². The number of furan rings is 1. The van der Waals surface area contributed by atoms with Crippen molar-refractivity contribution < 1.29 is 4.42 Å². The zero-order valence-electron chi connectivity index (χ0n) is 35.0. The molecular formula is C59H32N4OS2. The smallest absolute Gasteiger partial charge is 0.164 e. The van der Waals surface area contributed by atoms with Crippen LogP contribution in [0.2, 0.25) is 0 Å². The molecule has 0 N–H and O–H groups in total. The van der Waals surface area contributed by atoms with Crippen LogP contribution in [0.1, 0.15) is 0 Å². The number of nitrogens with zero attached hydrogens (tertiary/aromatic N) is 4. The van der Waals surface area contributed by atoms with E-state index in [1.54, 1.807) is 22.7 Å². The minimum Gasteiger partial charge on any atom is -0.455 e. The minimum absolute atomic E-state index is 0.581. The van der Waals surface area contributed by atoms with E-state index in [1.807, 2.05) is 0 Å². The number of hydrogen-bond donors (Lipinski definition) is 0. The van der Waals surface area contributed by atoms with E-state index in [2.05, 4.69) is 199 Å². The van der Waals surface area contributed by atoms with Crippen LogP contribution >= 0.6 is 22.7 Å². The molecule has 0 radical (unpaired) electrons. The third-order valence-electron chi connectivity index (χ3n) is 13.4. The lowest BCUT2D eigenvalue weighted by molar-refractivity contribution is 0.672. The van der Waals surface area contributed by atoms with Crippen molar-refractivity contribution in [2.45, 2.75) is 0 Å². The van der Waals surface area contributed by atoms with Crippen LogP contribution in [-0.2, 0) is 0 Å². The summed E-state index contributed by atoms with van der Waals surface area (Å²) in [6, 6.07) is 69.5. The maximum atomic E-state index is 7.10. The predicted octanol–water partition coefficient (Wildman–Crippen LogP) is 16.9. The average Bonchev–Trinajstić information content (AvgIpc) is 4.14. The summed E-state index contributed by atoms with van der Waals surface area (Å²) in [5.41, 5.74) is 7.61. The Bertz CT molecular complexity index is 4420. The van der Waals surface area contributed by atoms with Crippen LogP contribution in [0.4, 0.5) is 0 Å². The molecule has 0 aliphatic heterocycles. The SMILES string of the molecule is c1ccc2cc3c(cc2c1)c1ccccc1n3-c1cc(-c2nc(-c3cccc4sc5ccccc5c34)nc(-c3cccc4sc5ccccc5c34)n2)c2c(c1)oc1c3ccccc3ccc12. The molecule has 0 aliphatic rings. The van der Waals surface area contributed by atoms with Crippen LogP contribution in [-0.4, -0.2) is 19.5 Å². The summed E-state index contributed by atoms with van der Waals surface area (Å²) in [4.78, 5) is 16.7. The molecule has 10 aromatic carbocycles. The Labute approximate surface area is 384 Å². The van der Waals surface area contributed by atoms with E-state index in [0.29, 0.717) is 17.5 Å². The minimum atomic E-state index is 0.581. The summed E-state index contributed by atoms with van der Waals surface area (Å²) < 4.78 is 14.3. The largest absolute Gasteiger partial charge is 0.455 e. The molecule has 0 aliphatic carbocycles. The second-order valence-corrected chi connectivity index (χ2v) is 19.2. The van der Waals surface area contributed by atoms with Gasteiger partial charge < -0.3 is 8.98 Å². The Balaban J connectivity index is 1.09. The molecule has 0 unspecified atom stereocenters. The van der Waals surface area contributed by atoms with E-state index in [4.69, 9.17) is 19.4 Å². The summed E-state index contributed by atoms with van der Waals surface area (Å²) in [6.45, 7) is 0. The van der Waals surface area contributed by atoms with Crippen LogP contribution < -0.4 is 0 Å². The molecule has 0 saturated heterocycles. The van der Waals surface area contributed by atoms with Gasteiger partial charge in [-0.15, -0.1) is 22.7 Å². The highest BCUT2D eigenvalue weighted by Crippen LogP contribution is 2.46. The number of rotatable bonds is 4. The first-order valence-corrected chi connectivity index (χ1v) is 23.7. The molecule has 15 rings (SSSR count). The van der Waals surface area contributed by atoms with Gasteiger partial charge in [-0.25, -0.2) is 15.0 Å². The van der Waals surface area contributed by atoms with Crippen molar-refractivity contribution in [3.63, 3.8) is 0 Å². The van der Waals surface area contributed by atoms with Crippen LogP contribution in [0.3, 0.4) is 0 Å². The molecule has 7 heteroatoms. The maximum Gasteiger partial charge on any atom is 0.164 e. The van der Waals surface area contributed by atoms with Gasteiger partial charge in [0.25, 0.3) is 0 Å². The lowest BCUT2D eigenvalue weighted by atomic mass is 10.0. The molecule has 0 saturated carbocycles. The topological polar surface area (TPSA) is 56.7 Å². The zero-order chi connectivity index (χ0) is 43.0. The van der Waals surface area contributed by atoms with Gasteiger partial charge in [0.15, 0.2) is 17.5 Å². The number of fused-ring (bicyclic) bond motifs is 15. The van der Waals surface area contributed by atoms with Gasteiger partial charge in [0.05, 0.1) is 16.7 Å². The summed E-state index contributed by atoms with van der Waals surface area (Å²) in [7, 11) is 0. The highest BCUT2D eigenvalue weighted by molar-refractivity contribution is 7.26. The molecule has 306 valence electrons. The Hall–Kier alpha value is -8.23. The fourth-order valence-electron chi connectivity index (χ4n) is 10.5. The third kappa shape index (κ3) is 5.18. The summed E-state index contributed by atoms with van der Waals surface area (Å²) in [5, 5.41) is 13.6. The van der Waals surface area contributed by atoms with E-state index in [9.17, 15) is 0 Å². The monoisotopic (exact) mass is 876 g/mol. The first kappa shape index (κ1) is 36.1. The fraction of sp³-hybridized carbons (Fsp3) is 0. The molecule has 0 bridgehead atoms. The van der Waals surface area contributed by atoms with Crippen LogP contribution in [0.15, 0.2) is 199 Å². The summed E-state index contributed by atoms with van der Waals surface area (Å²) >= 11 is 3.60. The maximum absolute atomic E-state index is 7.10. The second kappa shape index (κ2) is 13.6. The van der Waals surface area contributed by atoms with Crippen molar-refractivity contribution >= 4 is 128 Å². The highest BCUT2D eigenvalue weighted by atomic mass is 32.1. The van der Waals surface area contributed by atoms with Crippen LogP contribution in [0.5, 0.6) is 0 Å². The summed E-state index contributed by atoms with van der Waals surface area (Å²) in [5.74, 6) is 1.83. The number of hydrogen-bond acceptors (Lipinski definition) is 6. The first-order valence-electron chi connectivity index (χ1n) is 22.1. The van der Waals surface area contributed by atoms with Crippen molar-refractivity contribution in [1.82, 2.24) is 19.5 Å². The molecule has 0 atom stereocenters. The number of benzene rings is 10. The van der Waals surface area contributed by atoms with E-state index in [-0.39, 0.29) is 0 Å². The molecule has 5 aromatic heterocycles.